The van der Waals surface area contributed by atoms with E-state index in [0.29, 0.717) is 17.8 Å². The molecule has 0 saturated carbocycles. The van der Waals surface area contributed by atoms with Crippen molar-refractivity contribution >= 4 is 22.8 Å². The molecule has 22 heavy (non-hydrogen) atoms. The number of aromatic nitrogens is 1. The summed E-state index contributed by atoms with van der Waals surface area (Å²) < 4.78 is 10.1. The van der Waals surface area contributed by atoms with Crippen LogP contribution in [-0.2, 0) is 20.7 Å². The average molecular weight is 304 g/mol. The molecule has 0 unspecified atom stereocenters. The monoisotopic (exact) mass is 304 g/mol. The maximum atomic E-state index is 11.8. The van der Waals surface area contributed by atoms with Crippen molar-refractivity contribution < 1.29 is 18.8 Å². The van der Waals surface area contributed by atoms with Gasteiger partial charge in [-0.25, -0.2) is 0 Å². The quantitative estimate of drug-likeness (QED) is 0.597. The Kier molecular flexibility index (Phi) is 5.94. The second-order valence-corrected chi connectivity index (χ2v) is 5.02. The number of carbonyl (C=O) groups is 2. The van der Waals surface area contributed by atoms with Gasteiger partial charge < -0.3 is 14.6 Å². The highest BCUT2D eigenvalue weighted by Crippen LogP contribution is 2.18. The Balaban J connectivity index is 1.75. The number of benzene rings is 1. The van der Waals surface area contributed by atoms with Crippen LogP contribution in [0.2, 0.25) is 0 Å². The van der Waals surface area contributed by atoms with Crippen LogP contribution in [0, 0.1) is 0 Å². The van der Waals surface area contributed by atoms with E-state index >= 15 is 0 Å². The van der Waals surface area contributed by atoms with E-state index in [1.807, 2.05) is 18.2 Å². The first-order valence-corrected chi connectivity index (χ1v) is 7.46. The minimum absolute atomic E-state index is 0.0138. The van der Waals surface area contributed by atoms with Crippen molar-refractivity contribution in [2.24, 2.45) is 0 Å². The number of rotatable bonds is 8. The summed E-state index contributed by atoms with van der Waals surface area (Å²) in [5.41, 5.74) is 1.14. The summed E-state index contributed by atoms with van der Waals surface area (Å²) in [5.74, 6) is -0.780. The molecule has 0 fully saturated rings. The van der Waals surface area contributed by atoms with Crippen LogP contribution in [0.25, 0.3) is 11.0 Å². The number of para-hydroxylation sites is 1. The predicted octanol–water partition coefficient (Wildman–Crippen LogP) is 2.22. The van der Waals surface area contributed by atoms with Gasteiger partial charge in [0.15, 0.2) is 12.2 Å². The molecule has 1 aromatic carbocycles. The molecule has 0 saturated heterocycles. The number of carbonyl (C=O) groups excluding carboxylic acids is 2. The Hall–Kier alpha value is -2.37. The third-order valence-electron chi connectivity index (χ3n) is 3.23. The van der Waals surface area contributed by atoms with E-state index in [4.69, 9.17) is 9.26 Å². The summed E-state index contributed by atoms with van der Waals surface area (Å²) in [5, 5.41) is 7.35. The zero-order valence-electron chi connectivity index (χ0n) is 12.6. The van der Waals surface area contributed by atoms with E-state index in [1.54, 1.807) is 6.07 Å². The zero-order valence-corrected chi connectivity index (χ0v) is 12.6. The molecule has 6 heteroatoms. The molecule has 2 rings (SSSR count). The molecule has 1 heterocycles. The van der Waals surface area contributed by atoms with Crippen molar-refractivity contribution in [3.63, 3.8) is 0 Å². The molecule has 0 aliphatic heterocycles. The summed E-state index contributed by atoms with van der Waals surface area (Å²) >= 11 is 0. The van der Waals surface area contributed by atoms with E-state index in [9.17, 15) is 9.59 Å². The van der Waals surface area contributed by atoms with Crippen LogP contribution < -0.4 is 5.32 Å². The Morgan fingerprint density at radius 1 is 1.27 bits per heavy atom. The molecule has 0 radical (unpaired) electrons. The number of unbranched alkanes of at least 4 members (excludes halogenated alkanes) is 2. The van der Waals surface area contributed by atoms with Crippen LogP contribution in [0.1, 0.15) is 31.9 Å². The lowest BCUT2D eigenvalue weighted by Crippen LogP contribution is -2.29. The summed E-state index contributed by atoms with van der Waals surface area (Å²) in [6.07, 6.45) is 3.08. The van der Waals surface area contributed by atoms with Gasteiger partial charge in [0.05, 0.1) is 6.42 Å². The Morgan fingerprint density at radius 3 is 2.91 bits per heavy atom. The van der Waals surface area contributed by atoms with E-state index in [0.717, 1.165) is 24.6 Å². The molecule has 0 aliphatic carbocycles. The van der Waals surface area contributed by atoms with Crippen LogP contribution in [0.5, 0.6) is 0 Å². The summed E-state index contributed by atoms with van der Waals surface area (Å²) in [6, 6.07) is 7.28. The average Bonchev–Trinajstić information content (AvgIpc) is 2.93. The molecular weight excluding hydrogens is 284 g/mol. The topological polar surface area (TPSA) is 81.4 Å². The number of fused-ring (bicyclic) bond motifs is 1. The highest BCUT2D eigenvalue weighted by molar-refractivity contribution is 5.85. The SMILES string of the molecule is CCCCCNC(=O)COC(=O)Cc1noc2ccccc12. The van der Waals surface area contributed by atoms with Gasteiger partial charge in [-0.15, -0.1) is 0 Å². The van der Waals surface area contributed by atoms with Crippen molar-refractivity contribution in [2.45, 2.75) is 32.6 Å². The van der Waals surface area contributed by atoms with Crippen molar-refractivity contribution in [3.8, 4) is 0 Å². The molecule has 0 aliphatic rings. The van der Waals surface area contributed by atoms with Gasteiger partial charge in [-0.1, -0.05) is 37.1 Å². The maximum Gasteiger partial charge on any atom is 0.312 e. The summed E-state index contributed by atoms with van der Waals surface area (Å²) in [7, 11) is 0. The normalized spacial score (nSPS) is 10.6. The first kappa shape index (κ1) is 16.0. The predicted molar refractivity (Wildman–Crippen MR) is 81.2 cm³/mol. The molecule has 2 aromatic rings. The number of hydrogen-bond acceptors (Lipinski definition) is 5. The molecule has 0 atom stereocenters. The van der Waals surface area contributed by atoms with E-state index in [-0.39, 0.29) is 18.9 Å². The highest BCUT2D eigenvalue weighted by Gasteiger charge is 2.14. The molecule has 1 aromatic heterocycles. The van der Waals surface area contributed by atoms with Crippen LogP contribution in [-0.4, -0.2) is 30.2 Å². The van der Waals surface area contributed by atoms with Crippen molar-refractivity contribution in [1.29, 1.82) is 0 Å². The number of nitrogens with one attached hydrogen (secondary N) is 1. The largest absolute Gasteiger partial charge is 0.455 e. The smallest absolute Gasteiger partial charge is 0.312 e. The lowest BCUT2D eigenvalue weighted by Gasteiger charge is -2.05. The fraction of sp³-hybridized carbons (Fsp3) is 0.438. The van der Waals surface area contributed by atoms with Crippen LogP contribution in [0.15, 0.2) is 28.8 Å². The first-order chi connectivity index (χ1) is 10.7. The third kappa shape index (κ3) is 4.58. The molecule has 0 bridgehead atoms. The Labute approximate surface area is 128 Å². The van der Waals surface area contributed by atoms with Gasteiger partial charge in [-0.2, -0.15) is 0 Å². The van der Waals surface area contributed by atoms with Crippen LogP contribution in [0.3, 0.4) is 0 Å². The van der Waals surface area contributed by atoms with Crippen LogP contribution >= 0.6 is 0 Å². The molecular formula is C16H20N2O4. The Morgan fingerprint density at radius 2 is 2.09 bits per heavy atom. The standard InChI is InChI=1S/C16H20N2O4/c1-2-3-6-9-17-15(19)11-21-16(20)10-13-12-7-4-5-8-14(12)22-18-13/h4-5,7-8H,2-3,6,9-11H2,1H3,(H,17,19). The molecule has 118 valence electrons. The second kappa shape index (κ2) is 8.17. The van der Waals surface area contributed by atoms with E-state index < -0.39 is 5.97 Å². The second-order valence-electron chi connectivity index (χ2n) is 5.02. The van der Waals surface area contributed by atoms with E-state index in [2.05, 4.69) is 17.4 Å². The zero-order chi connectivity index (χ0) is 15.8. The van der Waals surface area contributed by atoms with Gasteiger partial charge >= 0.3 is 5.97 Å². The van der Waals surface area contributed by atoms with Gasteiger partial charge in [-0.05, 0) is 18.6 Å². The van der Waals surface area contributed by atoms with E-state index in [1.165, 1.54) is 0 Å². The molecule has 1 amide bonds. The fourth-order valence-electron chi connectivity index (χ4n) is 2.05. The van der Waals surface area contributed by atoms with Gasteiger partial charge in [-0.3, -0.25) is 9.59 Å². The van der Waals surface area contributed by atoms with Gasteiger partial charge in [0.25, 0.3) is 5.91 Å². The Bertz CT molecular complexity index is 636. The van der Waals surface area contributed by atoms with Gasteiger partial charge in [0, 0.05) is 11.9 Å². The summed E-state index contributed by atoms with van der Waals surface area (Å²) in [6.45, 7) is 2.44. The first-order valence-electron chi connectivity index (χ1n) is 7.46. The van der Waals surface area contributed by atoms with Crippen molar-refractivity contribution in [3.05, 3.63) is 30.0 Å². The van der Waals surface area contributed by atoms with Crippen molar-refractivity contribution in [2.75, 3.05) is 13.2 Å². The number of ether oxygens (including phenoxy) is 1. The minimum atomic E-state index is -0.497. The number of nitrogens with zero attached hydrogens (tertiary/aromatic N) is 1. The molecule has 1 N–H and O–H groups in total. The number of esters is 1. The van der Waals surface area contributed by atoms with Gasteiger partial charge in [0.1, 0.15) is 5.69 Å². The lowest BCUT2D eigenvalue weighted by atomic mass is 10.2. The highest BCUT2D eigenvalue weighted by atomic mass is 16.5. The fourth-order valence-corrected chi connectivity index (χ4v) is 2.05. The lowest BCUT2D eigenvalue weighted by molar-refractivity contribution is -0.147. The minimum Gasteiger partial charge on any atom is -0.455 e. The number of hydrogen-bond donors (Lipinski definition) is 1. The maximum absolute atomic E-state index is 11.8. The third-order valence-corrected chi connectivity index (χ3v) is 3.23. The number of amides is 1. The molecule has 0 spiro atoms. The van der Waals surface area contributed by atoms with Crippen LogP contribution in [0.4, 0.5) is 0 Å². The van der Waals surface area contributed by atoms with Gasteiger partial charge in [0.2, 0.25) is 0 Å². The van der Waals surface area contributed by atoms with Crippen molar-refractivity contribution in [1.82, 2.24) is 10.5 Å². The summed E-state index contributed by atoms with van der Waals surface area (Å²) in [4.78, 5) is 23.3. The molecule has 6 nitrogen and oxygen atoms in total.